The molecular formula is C22H30N4O3. The highest BCUT2D eigenvalue weighted by molar-refractivity contribution is 5.79. The van der Waals surface area contributed by atoms with Crippen molar-refractivity contribution < 1.29 is 14.2 Å². The molecule has 2 aromatic rings. The van der Waals surface area contributed by atoms with Gasteiger partial charge in [0.05, 0.1) is 26.0 Å². The van der Waals surface area contributed by atoms with Crippen LogP contribution in [-0.2, 0) is 11.3 Å². The SMILES string of the molecule is CN=C(NCCOc1cccnc1)NCc1ccc(C)cc1OCC1CCOC1. The molecule has 0 bridgehead atoms. The normalized spacial score (nSPS) is 16.5. The Morgan fingerprint density at radius 2 is 2.21 bits per heavy atom. The molecule has 0 saturated carbocycles. The zero-order chi connectivity index (χ0) is 20.3. The van der Waals surface area contributed by atoms with Crippen LogP contribution < -0.4 is 20.1 Å². The molecule has 156 valence electrons. The van der Waals surface area contributed by atoms with Gasteiger partial charge in [0.25, 0.3) is 0 Å². The van der Waals surface area contributed by atoms with Crippen molar-refractivity contribution in [3.63, 3.8) is 0 Å². The highest BCUT2D eigenvalue weighted by atomic mass is 16.5. The van der Waals surface area contributed by atoms with Crippen LogP contribution in [0, 0.1) is 12.8 Å². The smallest absolute Gasteiger partial charge is 0.191 e. The van der Waals surface area contributed by atoms with Crippen LogP contribution in [0.25, 0.3) is 0 Å². The van der Waals surface area contributed by atoms with Crippen LogP contribution in [0.2, 0.25) is 0 Å². The van der Waals surface area contributed by atoms with Gasteiger partial charge < -0.3 is 24.8 Å². The molecule has 0 spiro atoms. The molecule has 1 fully saturated rings. The quantitative estimate of drug-likeness (QED) is 0.384. The zero-order valence-electron chi connectivity index (χ0n) is 17.2. The molecule has 7 nitrogen and oxygen atoms in total. The summed E-state index contributed by atoms with van der Waals surface area (Å²) in [5.41, 5.74) is 2.28. The summed E-state index contributed by atoms with van der Waals surface area (Å²) in [6.07, 6.45) is 4.49. The van der Waals surface area contributed by atoms with Crippen molar-refractivity contribution in [2.45, 2.75) is 19.9 Å². The lowest BCUT2D eigenvalue weighted by atomic mass is 10.1. The maximum Gasteiger partial charge on any atom is 0.191 e. The van der Waals surface area contributed by atoms with Gasteiger partial charge >= 0.3 is 0 Å². The van der Waals surface area contributed by atoms with Crippen LogP contribution in [0.3, 0.4) is 0 Å². The molecule has 1 atom stereocenters. The summed E-state index contributed by atoms with van der Waals surface area (Å²) in [7, 11) is 1.75. The summed E-state index contributed by atoms with van der Waals surface area (Å²) < 4.78 is 17.2. The van der Waals surface area contributed by atoms with E-state index in [1.54, 1.807) is 19.4 Å². The Kier molecular flexibility index (Phi) is 8.12. The number of benzene rings is 1. The fraction of sp³-hybridized carbons (Fsp3) is 0.455. The number of aliphatic imine (C=N–C) groups is 1. The Morgan fingerprint density at radius 1 is 1.28 bits per heavy atom. The third-order valence-electron chi connectivity index (χ3n) is 4.69. The second-order valence-electron chi connectivity index (χ2n) is 7.04. The number of hydrogen-bond donors (Lipinski definition) is 2. The van der Waals surface area contributed by atoms with Gasteiger partial charge in [-0.3, -0.25) is 9.98 Å². The molecule has 0 radical (unpaired) electrons. The van der Waals surface area contributed by atoms with E-state index in [1.165, 1.54) is 5.56 Å². The number of guanidine groups is 1. The summed E-state index contributed by atoms with van der Waals surface area (Å²) in [6, 6.07) is 10.0. The third kappa shape index (κ3) is 6.94. The average molecular weight is 399 g/mol. The van der Waals surface area contributed by atoms with Crippen LogP contribution in [0.4, 0.5) is 0 Å². The van der Waals surface area contributed by atoms with Gasteiger partial charge in [0.2, 0.25) is 0 Å². The molecule has 1 aromatic carbocycles. The van der Waals surface area contributed by atoms with Gasteiger partial charge in [-0.2, -0.15) is 0 Å². The van der Waals surface area contributed by atoms with Gasteiger partial charge in [-0.1, -0.05) is 12.1 Å². The predicted molar refractivity (Wildman–Crippen MR) is 114 cm³/mol. The van der Waals surface area contributed by atoms with Crippen molar-refractivity contribution in [2.24, 2.45) is 10.9 Å². The molecule has 1 aliphatic rings. The van der Waals surface area contributed by atoms with Crippen molar-refractivity contribution in [1.82, 2.24) is 15.6 Å². The van der Waals surface area contributed by atoms with Crippen LogP contribution in [-0.4, -0.2) is 51.0 Å². The molecule has 2 heterocycles. The van der Waals surface area contributed by atoms with Gasteiger partial charge in [0, 0.05) is 37.9 Å². The average Bonchev–Trinajstić information content (AvgIpc) is 3.27. The van der Waals surface area contributed by atoms with E-state index in [-0.39, 0.29) is 0 Å². The molecule has 7 heteroatoms. The van der Waals surface area contributed by atoms with E-state index in [1.807, 2.05) is 12.1 Å². The Balaban J connectivity index is 1.45. The van der Waals surface area contributed by atoms with E-state index in [4.69, 9.17) is 14.2 Å². The molecule has 3 rings (SSSR count). The first kappa shape index (κ1) is 20.9. The Hall–Kier alpha value is -2.80. The summed E-state index contributed by atoms with van der Waals surface area (Å²) >= 11 is 0. The highest BCUT2D eigenvalue weighted by Crippen LogP contribution is 2.22. The topological polar surface area (TPSA) is 77.0 Å². The molecule has 0 amide bonds. The minimum Gasteiger partial charge on any atom is -0.493 e. The second-order valence-corrected chi connectivity index (χ2v) is 7.04. The number of nitrogens with zero attached hydrogens (tertiary/aromatic N) is 2. The van der Waals surface area contributed by atoms with Crippen molar-refractivity contribution in [3.05, 3.63) is 53.9 Å². The van der Waals surface area contributed by atoms with E-state index in [0.29, 0.717) is 32.2 Å². The monoisotopic (exact) mass is 398 g/mol. The minimum atomic E-state index is 0.477. The van der Waals surface area contributed by atoms with E-state index in [0.717, 1.165) is 42.7 Å². The number of pyridine rings is 1. The first-order valence-electron chi connectivity index (χ1n) is 10.0. The third-order valence-corrected chi connectivity index (χ3v) is 4.69. The molecule has 29 heavy (non-hydrogen) atoms. The number of hydrogen-bond acceptors (Lipinski definition) is 5. The van der Waals surface area contributed by atoms with Gasteiger partial charge in [-0.05, 0) is 37.1 Å². The molecular weight excluding hydrogens is 368 g/mol. The minimum absolute atomic E-state index is 0.477. The van der Waals surface area contributed by atoms with Crippen LogP contribution in [0.5, 0.6) is 11.5 Å². The lowest BCUT2D eigenvalue weighted by molar-refractivity contribution is 0.166. The summed E-state index contributed by atoms with van der Waals surface area (Å²) in [5.74, 6) is 2.87. The Morgan fingerprint density at radius 3 is 2.97 bits per heavy atom. The number of aromatic nitrogens is 1. The maximum atomic E-state index is 6.11. The van der Waals surface area contributed by atoms with E-state index in [2.05, 4.69) is 45.7 Å². The van der Waals surface area contributed by atoms with E-state index >= 15 is 0 Å². The van der Waals surface area contributed by atoms with Gasteiger partial charge in [0.1, 0.15) is 18.1 Å². The first-order valence-corrected chi connectivity index (χ1v) is 10.0. The number of aryl methyl sites for hydroxylation is 1. The molecule has 1 unspecified atom stereocenters. The van der Waals surface area contributed by atoms with Gasteiger partial charge in [-0.15, -0.1) is 0 Å². The maximum absolute atomic E-state index is 6.11. The fourth-order valence-corrected chi connectivity index (χ4v) is 3.03. The molecule has 0 aliphatic carbocycles. The van der Waals surface area contributed by atoms with Crippen molar-refractivity contribution in [2.75, 3.05) is 40.0 Å². The zero-order valence-corrected chi connectivity index (χ0v) is 17.2. The van der Waals surface area contributed by atoms with E-state index in [9.17, 15) is 0 Å². The second kappa shape index (κ2) is 11.3. The highest BCUT2D eigenvalue weighted by Gasteiger charge is 2.17. The molecule has 1 aromatic heterocycles. The lowest BCUT2D eigenvalue weighted by Gasteiger charge is -2.17. The Bertz CT molecular complexity index is 777. The first-order chi connectivity index (χ1) is 14.2. The summed E-state index contributed by atoms with van der Waals surface area (Å²) in [6.45, 7) is 6.17. The number of ether oxygens (including phenoxy) is 3. The van der Waals surface area contributed by atoms with Crippen molar-refractivity contribution >= 4 is 5.96 Å². The van der Waals surface area contributed by atoms with Crippen LogP contribution in [0.1, 0.15) is 17.5 Å². The lowest BCUT2D eigenvalue weighted by Crippen LogP contribution is -2.39. The molecule has 2 N–H and O–H groups in total. The number of nitrogens with one attached hydrogen (secondary N) is 2. The summed E-state index contributed by atoms with van der Waals surface area (Å²) in [5, 5.41) is 6.59. The van der Waals surface area contributed by atoms with Gasteiger partial charge in [-0.25, -0.2) is 0 Å². The van der Waals surface area contributed by atoms with Gasteiger partial charge in [0.15, 0.2) is 5.96 Å². The number of rotatable bonds is 9. The summed E-state index contributed by atoms with van der Waals surface area (Å²) in [4.78, 5) is 8.31. The standard InChI is InChI=1S/C22H30N4O3/c1-17-5-6-19(21(12-17)29-16-18-7-10-27-15-18)13-26-22(23-2)25-9-11-28-20-4-3-8-24-14-20/h3-6,8,12,14,18H,7,9-11,13,15-16H2,1-2H3,(H2,23,25,26). The molecule has 1 saturated heterocycles. The van der Waals surface area contributed by atoms with Crippen LogP contribution >= 0.6 is 0 Å². The largest absolute Gasteiger partial charge is 0.493 e. The fourth-order valence-electron chi connectivity index (χ4n) is 3.03. The van der Waals surface area contributed by atoms with Crippen molar-refractivity contribution in [3.8, 4) is 11.5 Å². The molecule has 1 aliphatic heterocycles. The Labute approximate surface area is 172 Å². The predicted octanol–water partition coefficient (Wildman–Crippen LogP) is 2.55. The van der Waals surface area contributed by atoms with Crippen LogP contribution in [0.15, 0.2) is 47.7 Å². The van der Waals surface area contributed by atoms with E-state index < -0.39 is 0 Å². The van der Waals surface area contributed by atoms with Crippen molar-refractivity contribution in [1.29, 1.82) is 0 Å².